The summed E-state index contributed by atoms with van der Waals surface area (Å²) in [6.45, 7) is -0.770. The maximum atomic E-state index is 15.6. The van der Waals surface area contributed by atoms with Crippen molar-refractivity contribution in [3.63, 3.8) is 0 Å². The number of benzene rings is 3. The Bertz CT molecular complexity index is 1250. The van der Waals surface area contributed by atoms with Gasteiger partial charge in [0.05, 0.1) is 11.6 Å². The number of aliphatic imine (C=N–C) groups is 1. The van der Waals surface area contributed by atoms with Crippen molar-refractivity contribution in [3.05, 3.63) is 89.5 Å². The van der Waals surface area contributed by atoms with E-state index in [9.17, 15) is 5.26 Å². The Morgan fingerprint density at radius 3 is 2.56 bits per heavy atom. The number of alkyl halides is 2. The van der Waals surface area contributed by atoms with E-state index < -0.39 is 24.2 Å². The molecule has 0 fully saturated rings. The number of hydrogen-bond donors (Lipinski definition) is 1. The van der Waals surface area contributed by atoms with Gasteiger partial charge in [-0.2, -0.15) is 14.0 Å². The zero-order chi connectivity index (χ0) is 22.3. The molecule has 0 amide bonds. The molecule has 1 unspecified atom stereocenters. The van der Waals surface area contributed by atoms with Gasteiger partial charge in [-0.1, -0.05) is 48.5 Å². The summed E-state index contributed by atoms with van der Waals surface area (Å²) in [5.41, 5.74) is 6.63. The number of rotatable bonds is 2. The Morgan fingerprint density at radius 2 is 1.78 bits per heavy atom. The highest BCUT2D eigenvalue weighted by Gasteiger charge is 2.63. The molecule has 2 atom stereocenters. The van der Waals surface area contributed by atoms with Crippen molar-refractivity contribution >= 4 is 6.02 Å². The summed E-state index contributed by atoms with van der Waals surface area (Å²) in [5, 5.41) is 9.22. The van der Waals surface area contributed by atoms with Crippen molar-refractivity contribution in [2.24, 2.45) is 10.7 Å². The first-order valence-electron chi connectivity index (χ1n) is 10.2. The van der Waals surface area contributed by atoms with Crippen LogP contribution in [0.5, 0.6) is 5.75 Å². The van der Waals surface area contributed by atoms with Gasteiger partial charge in [-0.3, -0.25) is 0 Å². The van der Waals surface area contributed by atoms with E-state index in [0.717, 1.165) is 11.1 Å². The van der Waals surface area contributed by atoms with Gasteiger partial charge in [0.1, 0.15) is 18.4 Å². The SMILES string of the molecule is N#Cc1cccc(-c2ccc3c(c2)[C@@]2(CC(c4ccccc4)O3)OC(N)=NCC2(F)F)c1. The van der Waals surface area contributed by atoms with Crippen LogP contribution in [0.1, 0.15) is 29.2 Å². The molecule has 2 aliphatic heterocycles. The molecular weight excluding hydrogens is 412 g/mol. The normalized spacial score (nSPS) is 23.3. The van der Waals surface area contributed by atoms with Gasteiger partial charge in [0.2, 0.25) is 5.60 Å². The molecule has 2 aliphatic rings. The van der Waals surface area contributed by atoms with Crippen LogP contribution in [0, 0.1) is 11.3 Å². The summed E-state index contributed by atoms with van der Waals surface area (Å²) < 4.78 is 43.0. The third-order valence-electron chi connectivity index (χ3n) is 5.96. The van der Waals surface area contributed by atoms with Gasteiger partial charge >= 0.3 is 5.92 Å². The van der Waals surface area contributed by atoms with Crippen LogP contribution >= 0.6 is 0 Å². The summed E-state index contributed by atoms with van der Waals surface area (Å²) >= 11 is 0. The third-order valence-corrected chi connectivity index (χ3v) is 5.96. The number of hydrogen-bond acceptors (Lipinski definition) is 5. The van der Waals surface area contributed by atoms with Crippen molar-refractivity contribution in [1.29, 1.82) is 5.26 Å². The average molecular weight is 431 g/mol. The maximum absolute atomic E-state index is 15.6. The van der Waals surface area contributed by atoms with Crippen LogP contribution < -0.4 is 10.5 Å². The van der Waals surface area contributed by atoms with Crippen molar-refractivity contribution in [3.8, 4) is 22.9 Å². The molecule has 32 heavy (non-hydrogen) atoms. The molecule has 2 N–H and O–H groups in total. The molecule has 1 spiro atoms. The first kappa shape index (κ1) is 20.0. The van der Waals surface area contributed by atoms with Crippen LogP contribution in [0.3, 0.4) is 0 Å². The molecule has 2 heterocycles. The van der Waals surface area contributed by atoms with Gasteiger partial charge in [0.25, 0.3) is 6.02 Å². The van der Waals surface area contributed by atoms with Crippen LogP contribution in [-0.4, -0.2) is 18.5 Å². The van der Waals surface area contributed by atoms with Crippen LogP contribution in [0.25, 0.3) is 11.1 Å². The van der Waals surface area contributed by atoms with Crippen molar-refractivity contribution in [2.45, 2.75) is 24.0 Å². The number of nitrogens with zero attached hydrogens (tertiary/aromatic N) is 2. The lowest BCUT2D eigenvalue weighted by molar-refractivity contribution is -0.202. The predicted molar refractivity (Wildman–Crippen MR) is 115 cm³/mol. The minimum atomic E-state index is -3.31. The fraction of sp³-hybridized carbons (Fsp3) is 0.200. The van der Waals surface area contributed by atoms with Gasteiger partial charge < -0.3 is 15.2 Å². The van der Waals surface area contributed by atoms with Crippen LogP contribution in [0.4, 0.5) is 8.78 Å². The zero-order valence-electron chi connectivity index (χ0n) is 17.0. The molecule has 0 radical (unpaired) electrons. The van der Waals surface area contributed by atoms with Gasteiger partial charge in [0, 0.05) is 12.0 Å². The Labute approximate surface area is 183 Å². The summed E-state index contributed by atoms with van der Waals surface area (Å²) in [6.07, 6.45) is -0.775. The number of halogens is 2. The first-order chi connectivity index (χ1) is 15.4. The monoisotopic (exact) mass is 431 g/mol. The highest BCUT2D eigenvalue weighted by atomic mass is 19.3. The molecule has 0 aliphatic carbocycles. The highest BCUT2D eigenvalue weighted by molar-refractivity contribution is 5.74. The molecule has 7 heteroatoms. The largest absolute Gasteiger partial charge is 0.485 e. The lowest BCUT2D eigenvalue weighted by Crippen LogP contribution is -2.57. The summed E-state index contributed by atoms with van der Waals surface area (Å²) in [7, 11) is 0. The van der Waals surface area contributed by atoms with Crippen molar-refractivity contribution in [2.75, 3.05) is 6.54 Å². The molecule has 0 saturated heterocycles. The fourth-order valence-electron chi connectivity index (χ4n) is 4.35. The molecule has 0 saturated carbocycles. The van der Waals surface area contributed by atoms with E-state index in [-0.39, 0.29) is 18.0 Å². The molecule has 5 rings (SSSR count). The van der Waals surface area contributed by atoms with E-state index >= 15 is 8.78 Å². The Kier molecular flexibility index (Phi) is 4.59. The lowest BCUT2D eigenvalue weighted by Gasteiger charge is -2.47. The van der Waals surface area contributed by atoms with Crippen LogP contribution in [0.15, 0.2) is 77.8 Å². The van der Waals surface area contributed by atoms with E-state index in [4.69, 9.17) is 15.2 Å². The van der Waals surface area contributed by atoms with Crippen LogP contribution in [0.2, 0.25) is 0 Å². The molecule has 160 valence electrons. The summed E-state index contributed by atoms with van der Waals surface area (Å²) in [6, 6.07) is 23.1. The second kappa shape index (κ2) is 7.34. The van der Waals surface area contributed by atoms with Crippen molar-refractivity contribution < 1.29 is 18.3 Å². The van der Waals surface area contributed by atoms with Crippen LogP contribution in [-0.2, 0) is 10.3 Å². The van der Waals surface area contributed by atoms with E-state index in [2.05, 4.69) is 11.1 Å². The summed E-state index contributed by atoms with van der Waals surface area (Å²) in [5.74, 6) is -3.01. The minimum absolute atomic E-state index is 0.130. The van der Waals surface area contributed by atoms with Gasteiger partial charge in [-0.05, 0) is 41.0 Å². The molecule has 0 bridgehead atoms. The molecule has 3 aromatic carbocycles. The van der Waals surface area contributed by atoms with E-state index in [1.54, 1.807) is 36.4 Å². The number of fused-ring (bicyclic) bond motifs is 2. The number of ether oxygens (including phenoxy) is 2. The molecule has 3 aromatic rings. The van der Waals surface area contributed by atoms with E-state index in [1.165, 1.54) is 0 Å². The number of amidine groups is 1. The Hall–Kier alpha value is -3.92. The molecule has 5 nitrogen and oxygen atoms in total. The highest BCUT2D eigenvalue weighted by Crippen LogP contribution is 2.55. The van der Waals surface area contributed by atoms with E-state index in [0.29, 0.717) is 16.9 Å². The van der Waals surface area contributed by atoms with Gasteiger partial charge in [0.15, 0.2) is 0 Å². The lowest BCUT2D eigenvalue weighted by atomic mass is 9.77. The standard InChI is InChI=1S/C25H19F2N3O2/c26-25(27)15-30-23(29)32-24(25)13-22(17-6-2-1-3-7-17)31-21-10-9-19(12-20(21)24)18-8-4-5-16(11-18)14-28/h1-12,22H,13,15H2,(H2,29,30)/t22?,24-/m1/s1. The topological polar surface area (TPSA) is 80.6 Å². The zero-order valence-corrected chi connectivity index (χ0v) is 17.0. The number of nitriles is 1. The second-order valence-electron chi connectivity index (χ2n) is 7.91. The maximum Gasteiger partial charge on any atom is 0.310 e. The third kappa shape index (κ3) is 3.16. The van der Waals surface area contributed by atoms with Crippen molar-refractivity contribution in [1.82, 2.24) is 0 Å². The Balaban J connectivity index is 1.69. The average Bonchev–Trinajstić information content (AvgIpc) is 2.82. The smallest absolute Gasteiger partial charge is 0.310 e. The number of nitrogens with two attached hydrogens (primary N) is 1. The van der Waals surface area contributed by atoms with E-state index in [1.807, 2.05) is 36.4 Å². The predicted octanol–water partition coefficient (Wildman–Crippen LogP) is 4.92. The second-order valence-corrected chi connectivity index (χ2v) is 7.91. The molecule has 0 aromatic heterocycles. The summed E-state index contributed by atoms with van der Waals surface area (Å²) in [4.78, 5) is 3.65. The van der Waals surface area contributed by atoms with Gasteiger partial charge in [-0.15, -0.1) is 0 Å². The Morgan fingerprint density at radius 1 is 1.00 bits per heavy atom. The minimum Gasteiger partial charge on any atom is -0.485 e. The fourth-order valence-corrected chi connectivity index (χ4v) is 4.35. The molecular formula is C25H19F2N3O2. The first-order valence-corrected chi connectivity index (χ1v) is 10.2. The quantitative estimate of drug-likeness (QED) is 0.624. The van der Waals surface area contributed by atoms with Gasteiger partial charge in [-0.25, -0.2) is 4.99 Å².